The summed E-state index contributed by atoms with van der Waals surface area (Å²) in [7, 11) is 3.87. The summed E-state index contributed by atoms with van der Waals surface area (Å²) in [6, 6.07) is -0.694. The lowest BCUT2D eigenvalue weighted by Crippen LogP contribution is -2.61. The summed E-state index contributed by atoms with van der Waals surface area (Å²) < 4.78 is 20.9. The first kappa shape index (κ1) is 28.6. The first-order valence-electron chi connectivity index (χ1n) is 14.7. The van der Waals surface area contributed by atoms with Crippen molar-refractivity contribution < 1.29 is 24.1 Å². The zero-order chi connectivity index (χ0) is 28.1. The fourth-order valence-corrected chi connectivity index (χ4v) is 7.64. The number of carboxylic acid groups (broad SMARTS) is 1. The highest BCUT2D eigenvalue weighted by Gasteiger charge is 2.72. The molecule has 8 atom stereocenters. The second kappa shape index (κ2) is 10.8. The molecule has 1 spiro atoms. The van der Waals surface area contributed by atoms with Crippen molar-refractivity contribution in [1.29, 1.82) is 0 Å². The van der Waals surface area contributed by atoms with Gasteiger partial charge in [-0.1, -0.05) is 25.5 Å². The number of aromatic nitrogens is 2. The molecule has 0 radical (unpaired) electrons. The lowest BCUT2D eigenvalue weighted by Gasteiger charge is -2.48. The summed E-state index contributed by atoms with van der Waals surface area (Å²) in [6.07, 6.45) is 8.49. The van der Waals surface area contributed by atoms with Crippen LogP contribution in [0.3, 0.4) is 0 Å². The van der Waals surface area contributed by atoms with Gasteiger partial charge in [0.15, 0.2) is 0 Å². The summed E-state index contributed by atoms with van der Waals surface area (Å²) in [5.41, 5.74) is 1.38. The molecule has 4 heterocycles. The lowest BCUT2D eigenvalue weighted by molar-refractivity contribution is -0.102. The van der Waals surface area contributed by atoms with E-state index in [1.807, 2.05) is 6.33 Å². The zero-order valence-electron chi connectivity index (χ0n) is 24.8. The van der Waals surface area contributed by atoms with Crippen LogP contribution in [0, 0.1) is 17.8 Å². The standard InChI is InChI=1S/C30H48N4O5/c1-19(2)8-9-24-29(5,39-24)27-26(37-7)23(10-12-30(27)17-38-30)34(28(35)36)25(20(3)4)22-16-33(18-31-22)15-21-11-13-32(6)14-21/h8,16,18,20-21,23-27H,9-15,17H2,1-7H3,(H,35,36)/t21-,23-,24-,25?,26-,27-,29+,30+/m1/s1. The van der Waals surface area contributed by atoms with E-state index in [0.29, 0.717) is 18.9 Å². The molecule has 1 aromatic rings. The van der Waals surface area contributed by atoms with Crippen molar-refractivity contribution in [2.75, 3.05) is 33.9 Å². The van der Waals surface area contributed by atoms with Gasteiger partial charge in [-0.25, -0.2) is 9.78 Å². The fourth-order valence-electron chi connectivity index (χ4n) is 7.64. The Kier molecular flexibility index (Phi) is 7.92. The number of hydrogen-bond acceptors (Lipinski definition) is 6. The van der Waals surface area contributed by atoms with E-state index in [2.05, 4.69) is 63.4 Å². The molecule has 1 aromatic heterocycles. The quantitative estimate of drug-likeness (QED) is 0.340. The maximum Gasteiger partial charge on any atom is 0.408 e. The number of carbonyl (C=O) groups is 1. The second-order valence-corrected chi connectivity index (χ2v) is 13.2. The summed E-state index contributed by atoms with van der Waals surface area (Å²) in [4.78, 5) is 21.8. The largest absolute Gasteiger partial charge is 0.465 e. The smallest absolute Gasteiger partial charge is 0.408 e. The molecule has 1 saturated carbocycles. The highest BCUT2D eigenvalue weighted by molar-refractivity contribution is 5.66. The summed E-state index contributed by atoms with van der Waals surface area (Å²) in [5, 5.41) is 10.7. The van der Waals surface area contributed by atoms with Crippen LogP contribution in [-0.2, 0) is 20.8 Å². The molecule has 0 aromatic carbocycles. The number of likely N-dealkylation sites (tertiary alicyclic amines) is 1. The Morgan fingerprint density at radius 3 is 2.67 bits per heavy atom. The molecule has 1 aliphatic carbocycles. The molecule has 1 unspecified atom stereocenters. The van der Waals surface area contributed by atoms with Crippen LogP contribution in [0.15, 0.2) is 24.2 Å². The Morgan fingerprint density at radius 1 is 1.36 bits per heavy atom. The molecule has 4 aliphatic rings. The predicted molar refractivity (Wildman–Crippen MR) is 149 cm³/mol. The van der Waals surface area contributed by atoms with Gasteiger partial charge in [0.05, 0.1) is 48.5 Å². The molecular formula is C30H48N4O5. The van der Waals surface area contributed by atoms with E-state index < -0.39 is 11.7 Å². The number of hydrogen-bond donors (Lipinski definition) is 1. The number of imidazole rings is 1. The number of methoxy groups -OCH3 is 1. The lowest BCUT2D eigenvalue weighted by atomic mass is 9.67. The minimum Gasteiger partial charge on any atom is -0.465 e. The van der Waals surface area contributed by atoms with Gasteiger partial charge in [0.2, 0.25) is 0 Å². The topological polar surface area (TPSA) is 95.9 Å². The molecular weight excluding hydrogens is 496 g/mol. The van der Waals surface area contributed by atoms with E-state index in [1.165, 1.54) is 12.0 Å². The number of ether oxygens (including phenoxy) is 3. The summed E-state index contributed by atoms with van der Waals surface area (Å²) in [5.74, 6) is 0.593. The van der Waals surface area contributed by atoms with Crippen molar-refractivity contribution in [3.05, 3.63) is 29.9 Å². The van der Waals surface area contributed by atoms with Crippen molar-refractivity contribution in [1.82, 2.24) is 19.4 Å². The Bertz CT molecular complexity index is 1060. The van der Waals surface area contributed by atoms with E-state index >= 15 is 0 Å². The van der Waals surface area contributed by atoms with Gasteiger partial charge in [0, 0.05) is 32.3 Å². The van der Waals surface area contributed by atoms with Crippen molar-refractivity contribution in [3.8, 4) is 0 Å². The van der Waals surface area contributed by atoms with Crippen LogP contribution < -0.4 is 0 Å². The number of allylic oxidation sites excluding steroid dienone is 1. The Labute approximate surface area is 233 Å². The van der Waals surface area contributed by atoms with Crippen LogP contribution in [0.5, 0.6) is 0 Å². The van der Waals surface area contributed by atoms with E-state index in [0.717, 1.165) is 38.2 Å². The van der Waals surface area contributed by atoms with Crippen molar-refractivity contribution in [2.24, 2.45) is 17.8 Å². The van der Waals surface area contributed by atoms with E-state index in [4.69, 9.17) is 19.2 Å². The second-order valence-electron chi connectivity index (χ2n) is 13.2. The number of nitrogens with zero attached hydrogens (tertiary/aromatic N) is 4. The molecule has 218 valence electrons. The van der Waals surface area contributed by atoms with E-state index in [9.17, 15) is 9.90 Å². The van der Waals surface area contributed by atoms with E-state index in [1.54, 1.807) is 12.0 Å². The van der Waals surface area contributed by atoms with Gasteiger partial charge in [-0.05, 0) is 71.9 Å². The van der Waals surface area contributed by atoms with Crippen molar-refractivity contribution in [3.63, 3.8) is 0 Å². The van der Waals surface area contributed by atoms with Gasteiger partial charge in [-0.2, -0.15) is 0 Å². The van der Waals surface area contributed by atoms with Gasteiger partial charge < -0.3 is 28.8 Å². The Balaban J connectivity index is 1.41. The third-order valence-corrected chi connectivity index (χ3v) is 9.68. The average Bonchev–Trinajstić information content (AvgIpc) is 3.65. The molecule has 39 heavy (non-hydrogen) atoms. The van der Waals surface area contributed by atoms with Gasteiger partial charge >= 0.3 is 6.09 Å². The van der Waals surface area contributed by atoms with Gasteiger partial charge in [-0.3, -0.25) is 4.90 Å². The van der Waals surface area contributed by atoms with Crippen LogP contribution in [0.25, 0.3) is 0 Å². The number of rotatable bonds is 10. The number of epoxide rings is 2. The normalized spacial score (nSPS) is 36.8. The molecule has 3 saturated heterocycles. The molecule has 4 fully saturated rings. The SMILES string of the molecule is CO[C@@H]1[C@H](N(C(=O)O)C(c2cn(C[C@@H]3CCN(C)C3)cn2)C(C)C)CC[C@]2(CO2)[C@H]1[C@@]1(C)O[C@@H]1CC=C(C)C. The number of amides is 1. The minimum absolute atomic E-state index is 0.0455. The van der Waals surface area contributed by atoms with Crippen LogP contribution in [0.1, 0.15) is 72.0 Å². The Hall–Kier alpha value is -1.94. The molecule has 5 rings (SSSR count). The molecule has 9 heteroatoms. The van der Waals surface area contributed by atoms with Crippen LogP contribution in [-0.4, -0.2) is 93.9 Å². The van der Waals surface area contributed by atoms with Crippen molar-refractivity contribution >= 4 is 6.09 Å². The fraction of sp³-hybridized carbons (Fsp3) is 0.800. The minimum atomic E-state index is -0.929. The first-order chi connectivity index (χ1) is 18.5. The first-order valence-corrected chi connectivity index (χ1v) is 14.7. The van der Waals surface area contributed by atoms with Crippen LogP contribution in [0.4, 0.5) is 4.79 Å². The highest BCUT2D eigenvalue weighted by atomic mass is 16.6. The van der Waals surface area contributed by atoms with Crippen molar-refractivity contribution in [2.45, 2.75) is 102 Å². The average molecular weight is 545 g/mol. The van der Waals surface area contributed by atoms with E-state index in [-0.39, 0.29) is 41.7 Å². The molecule has 1 amide bonds. The third-order valence-electron chi connectivity index (χ3n) is 9.68. The van der Waals surface area contributed by atoms with Crippen LogP contribution in [0.2, 0.25) is 0 Å². The molecule has 9 nitrogen and oxygen atoms in total. The van der Waals surface area contributed by atoms with Crippen LogP contribution >= 0.6 is 0 Å². The third kappa shape index (κ3) is 5.52. The highest BCUT2D eigenvalue weighted by Crippen LogP contribution is 2.60. The molecule has 0 bridgehead atoms. The predicted octanol–water partition coefficient (Wildman–Crippen LogP) is 4.59. The maximum atomic E-state index is 13.1. The molecule has 1 N–H and O–H groups in total. The van der Waals surface area contributed by atoms with Gasteiger partial charge in [0.1, 0.15) is 5.60 Å². The van der Waals surface area contributed by atoms with Gasteiger partial charge in [-0.15, -0.1) is 0 Å². The summed E-state index contributed by atoms with van der Waals surface area (Å²) >= 11 is 0. The monoisotopic (exact) mass is 544 g/mol. The maximum absolute atomic E-state index is 13.1. The Morgan fingerprint density at radius 2 is 2.10 bits per heavy atom. The van der Waals surface area contributed by atoms with Gasteiger partial charge in [0.25, 0.3) is 0 Å². The zero-order valence-corrected chi connectivity index (χ0v) is 24.8. The summed E-state index contributed by atoms with van der Waals surface area (Å²) in [6.45, 7) is 14.3. The molecule has 3 aliphatic heterocycles.